The SMILES string of the molecule is Cc1ccc(F)cc1C(O)c1sccc1Br. The molecule has 0 bridgehead atoms. The quantitative estimate of drug-likeness (QED) is 0.887. The van der Waals surface area contributed by atoms with E-state index in [2.05, 4.69) is 15.9 Å². The average Bonchev–Trinajstić information content (AvgIpc) is 2.67. The van der Waals surface area contributed by atoms with E-state index in [1.165, 1.54) is 23.5 Å². The van der Waals surface area contributed by atoms with Crippen molar-refractivity contribution in [1.82, 2.24) is 0 Å². The molecular weight excluding hydrogens is 291 g/mol. The monoisotopic (exact) mass is 300 g/mol. The van der Waals surface area contributed by atoms with Crippen LogP contribution in [-0.4, -0.2) is 5.11 Å². The fraction of sp³-hybridized carbons (Fsp3) is 0.167. The number of aliphatic hydroxyl groups is 1. The molecule has 0 amide bonds. The summed E-state index contributed by atoms with van der Waals surface area (Å²) in [5, 5.41) is 12.1. The van der Waals surface area contributed by atoms with Crippen LogP contribution in [0.3, 0.4) is 0 Å². The first-order chi connectivity index (χ1) is 7.59. The van der Waals surface area contributed by atoms with Crippen LogP contribution in [0.2, 0.25) is 0 Å². The molecule has 0 aliphatic heterocycles. The number of thiophene rings is 1. The number of hydrogen-bond donors (Lipinski definition) is 1. The van der Waals surface area contributed by atoms with Gasteiger partial charge in [-0.15, -0.1) is 11.3 Å². The molecule has 0 saturated carbocycles. The molecule has 1 N–H and O–H groups in total. The smallest absolute Gasteiger partial charge is 0.123 e. The van der Waals surface area contributed by atoms with Crippen LogP contribution in [0.15, 0.2) is 34.1 Å². The number of aliphatic hydroxyl groups excluding tert-OH is 1. The Morgan fingerprint density at radius 1 is 1.38 bits per heavy atom. The second-order valence-electron chi connectivity index (χ2n) is 3.54. The van der Waals surface area contributed by atoms with Crippen molar-refractivity contribution in [3.63, 3.8) is 0 Å². The van der Waals surface area contributed by atoms with Crippen LogP contribution in [0, 0.1) is 12.7 Å². The summed E-state index contributed by atoms with van der Waals surface area (Å²) in [6, 6.07) is 6.33. The zero-order chi connectivity index (χ0) is 11.7. The Bertz CT molecular complexity index is 509. The van der Waals surface area contributed by atoms with E-state index in [9.17, 15) is 9.50 Å². The lowest BCUT2D eigenvalue weighted by atomic mass is 10.0. The Kier molecular flexibility index (Phi) is 3.42. The summed E-state index contributed by atoms with van der Waals surface area (Å²) in [6.45, 7) is 1.86. The molecule has 1 heterocycles. The topological polar surface area (TPSA) is 20.2 Å². The van der Waals surface area contributed by atoms with Gasteiger partial charge in [-0.2, -0.15) is 0 Å². The standard InChI is InChI=1S/C12H10BrFOS/c1-7-2-3-8(14)6-9(7)11(15)12-10(13)4-5-16-12/h2-6,11,15H,1H3. The first kappa shape index (κ1) is 11.8. The summed E-state index contributed by atoms with van der Waals surface area (Å²) in [4.78, 5) is 0.800. The van der Waals surface area contributed by atoms with E-state index < -0.39 is 6.10 Å². The van der Waals surface area contributed by atoms with Gasteiger partial charge in [-0.1, -0.05) is 6.07 Å². The van der Waals surface area contributed by atoms with Crippen LogP contribution < -0.4 is 0 Å². The van der Waals surface area contributed by atoms with E-state index >= 15 is 0 Å². The molecule has 0 fully saturated rings. The van der Waals surface area contributed by atoms with E-state index in [-0.39, 0.29) is 5.82 Å². The lowest BCUT2D eigenvalue weighted by Gasteiger charge is -2.13. The average molecular weight is 301 g/mol. The lowest BCUT2D eigenvalue weighted by molar-refractivity contribution is 0.222. The summed E-state index contributed by atoms with van der Waals surface area (Å²) >= 11 is 4.81. The highest BCUT2D eigenvalue weighted by molar-refractivity contribution is 9.10. The molecule has 1 nitrogen and oxygen atoms in total. The molecule has 1 unspecified atom stereocenters. The van der Waals surface area contributed by atoms with Gasteiger partial charge in [0.25, 0.3) is 0 Å². The number of benzene rings is 1. The van der Waals surface area contributed by atoms with Crippen molar-refractivity contribution in [1.29, 1.82) is 0 Å². The van der Waals surface area contributed by atoms with Crippen molar-refractivity contribution in [2.45, 2.75) is 13.0 Å². The van der Waals surface area contributed by atoms with E-state index in [0.29, 0.717) is 5.56 Å². The molecule has 84 valence electrons. The summed E-state index contributed by atoms with van der Waals surface area (Å²) in [7, 11) is 0. The first-order valence-electron chi connectivity index (χ1n) is 4.76. The minimum Gasteiger partial charge on any atom is -0.383 e. The second-order valence-corrected chi connectivity index (χ2v) is 5.34. The fourth-order valence-corrected chi connectivity index (χ4v) is 3.14. The molecule has 0 spiro atoms. The molecule has 0 aliphatic carbocycles. The van der Waals surface area contributed by atoms with Gasteiger partial charge >= 0.3 is 0 Å². The lowest BCUT2D eigenvalue weighted by Crippen LogP contribution is -2.01. The van der Waals surface area contributed by atoms with E-state index in [0.717, 1.165) is 14.9 Å². The van der Waals surface area contributed by atoms with E-state index in [1.807, 2.05) is 18.4 Å². The highest BCUT2D eigenvalue weighted by atomic mass is 79.9. The maximum atomic E-state index is 13.1. The maximum absolute atomic E-state index is 13.1. The molecule has 2 aromatic rings. The van der Waals surface area contributed by atoms with Crippen molar-refractivity contribution < 1.29 is 9.50 Å². The van der Waals surface area contributed by atoms with Crippen LogP contribution in [0.4, 0.5) is 4.39 Å². The molecule has 0 saturated heterocycles. The molecule has 1 atom stereocenters. The van der Waals surface area contributed by atoms with Gasteiger partial charge < -0.3 is 5.11 Å². The first-order valence-corrected chi connectivity index (χ1v) is 6.44. The normalized spacial score (nSPS) is 12.8. The van der Waals surface area contributed by atoms with Gasteiger partial charge in [0.1, 0.15) is 11.9 Å². The van der Waals surface area contributed by atoms with Gasteiger partial charge in [-0.3, -0.25) is 0 Å². The van der Waals surface area contributed by atoms with Crippen molar-refractivity contribution in [2.75, 3.05) is 0 Å². The van der Waals surface area contributed by atoms with Gasteiger partial charge in [0, 0.05) is 4.47 Å². The Labute approximate surface area is 106 Å². The number of hydrogen-bond acceptors (Lipinski definition) is 2. The van der Waals surface area contributed by atoms with Gasteiger partial charge in [0.15, 0.2) is 0 Å². The molecule has 0 radical (unpaired) electrons. The summed E-state index contributed by atoms with van der Waals surface area (Å²) < 4.78 is 14.0. The van der Waals surface area contributed by atoms with E-state index in [1.54, 1.807) is 6.07 Å². The van der Waals surface area contributed by atoms with Gasteiger partial charge in [0.2, 0.25) is 0 Å². The predicted molar refractivity (Wildman–Crippen MR) is 67.2 cm³/mol. The molecule has 1 aromatic heterocycles. The van der Waals surface area contributed by atoms with Gasteiger partial charge in [-0.05, 0) is 57.6 Å². The second kappa shape index (κ2) is 4.65. The van der Waals surface area contributed by atoms with Crippen LogP contribution >= 0.6 is 27.3 Å². The molecule has 0 aliphatic rings. The van der Waals surface area contributed by atoms with Crippen LogP contribution in [0.25, 0.3) is 0 Å². The molecular formula is C12H10BrFOS. The predicted octanol–water partition coefficient (Wildman–Crippen LogP) is 4.04. The number of halogens is 2. The number of rotatable bonds is 2. The Morgan fingerprint density at radius 2 is 2.12 bits per heavy atom. The molecule has 4 heteroatoms. The largest absolute Gasteiger partial charge is 0.383 e. The molecule has 1 aromatic carbocycles. The minimum atomic E-state index is -0.773. The summed E-state index contributed by atoms with van der Waals surface area (Å²) in [5.41, 5.74) is 1.50. The highest BCUT2D eigenvalue weighted by Gasteiger charge is 2.17. The van der Waals surface area contributed by atoms with Crippen LogP contribution in [-0.2, 0) is 0 Å². The Balaban J connectivity index is 2.45. The summed E-state index contributed by atoms with van der Waals surface area (Å²) in [6.07, 6.45) is -0.773. The van der Waals surface area contributed by atoms with Gasteiger partial charge in [0.05, 0.1) is 4.88 Å². The minimum absolute atomic E-state index is 0.327. The van der Waals surface area contributed by atoms with Crippen LogP contribution in [0.1, 0.15) is 22.1 Å². The highest BCUT2D eigenvalue weighted by Crippen LogP contribution is 2.34. The third kappa shape index (κ3) is 2.19. The zero-order valence-corrected chi connectivity index (χ0v) is 11.0. The van der Waals surface area contributed by atoms with E-state index in [4.69, 9.17) is 0 Å². The Morgan fingerprint density at radius 3 is 2.75 bits per heavy atom. The third-order valence-electron chi connectivity index (χ3n) is 2.43. The summed E-state index contributed by atoms with van der Waals surface area (Å²) in [5.74, 6) is -0.327. The number of aryl methyl sites for hydroxylation is 1. The molecule has 16 heavy (non-hydrogen) atoms. The maximum Gasteiger partial charge on any atom is 0.123 e. The van der Waals surface area contributed by atoms with Crippen molar-refractivity contribution in [2.24, 2.45) is 0 Å². The van der Waals surface area contributed by atoms with Gasteiger partial charge in [-0.25, -0.2) is 4.39 Å². The fourth-order valence-electron chi connectivity index (χ4n) is 1.55. The van der Waals surface area contributed by atoms with Crippen molar-refractivity contribution in [3.05, 3.63) is 55.9 Å². The third-order valence-corrected chi connectivity index (χ3v) is 4.35. The van der Waals surface area contributed by atoms with Crippen molar-refractivity contribution in [3.8, 4) is 0 Å². The zero-order valence-electron chi connectivity index (χ0n) is 8.58. The Hall–Kier alpha value is -0.710. The van der Waals surface area contributed by atoms with Crippen molar-refractivity contribution >= 4 is 27.3 Å². The molecule has 2 rings (SSSR count). The van der Waals surface area contributed by atoms with Crippen LogP contribution in [0.5, 0.6) is 0 Å².